The second-order valence-electron chi connectivity index (χ2n) is 4.99. The Morgan fingerprint density at radius 3 is 2.65 bits per heavy atom. The summed E-state index contributed by atoms with van der Waals surface area (Å²) in [4.78, 5) is 22.4. The number of aliphatic carboxylic acids is 1. The number of hydrogen-bond donors (Lipinski definition) is 2. The summed E-state index contributed by atoms with van der Waals surface area (Å²) in [5.41, 5.74) is 2.29. The molecule has 1 heterocycles. The molecule has 2 aromatic rings. The Labute approximate surface area is 138 Å². The van der Waals surface area contributed by atoms with E-state index in [2.05, 4.69) is 9.69 Å². The average Bonchev–Trinajstić information content (AvgIpc) is 2.96. The van der Waals surface area contributed by atoms with Gasteiger partial charge in [0.25, 0.3) is 5.91 Å². The van der Waals surface area contributed by atoms with Gasteiger partial charge in [-0.2, -0.15) is 4.37 Å². The lowest BCUT2D eigenvalue weighted by molar-refractivity contribution is -0.137. The van der Waals surface area contributed by atoms with Crippen molar-refractivity contribution in [3.63, 3.8) is 0 Å². The predicted octanol–water partition coefficient (Wildman–Crippen LogP) is 2.63. The molecule has 0 unspecified atom stereocenters. The zero-order chi connectivity index (χ0) is 16.7. The van der Waals surface area contributed by atoms with Gasteiger partial charge >= 0.3 is 5.97 Å². The van der Waals surface area contributed by atoms with Gasteiger partial charge in [0, 0.05) is 18.3 Å². The first-order valence-electron chi connectivity index (χ1n) is 7.19. The lowest BCUT2D eigenvalue weighted by Crippen LogP contribution is -2.23. The maximum atomic E-state index is 12.0. The molecule has 0 fully saturated rings. The number of hydrogen-bond acceptors (Lipinski definition) is 5. The average molecular weight is 334 g/mol. The molecule has 0 bridgehead atoms. The van der Waals surface area contributed by atoms with Gasteiger partial charge in [0.1, 0.15) is 5.75 Å². The Hall–Kier alpha value is -2.41. The summed E-state index contributed by atoms with van der Waals surface area (Å²) in [5.74, 6) is -0.274. The fourth-order valence-corrected chi connectivity index (χ4v) is 2.60. The molecule has 2 rings (SSSR count). The minimum atomic E-state index is -0.823. The normalized spacial score (nSPS) is 10.3. The molecule has 0 saturated carbocycles. The number of ether oxygens (including phenoxy) is 1. The Balaban J connectivity index is 1.77. The molecule has 0 radical (unpaired) electrons. The molecule has 1 amide bonds. The molecule has 0 saturated heterocycles. The highest BCUT2D eigenvalue weighted by atomic mass is 32.1. The van der Waals surface area contributed by atoms with Gasteiger partial charge in [-0.1, -0.05) is 12.1 Å². The van der Waals surface area contributed by atoms with E-state index in [-0.39, 0.29) is 12.3 Å². The van der Waals surface area contributed by atoms with Crippen LogP contribution in [0.2, 0.25) is 0 Å². The SMILES string of the molecule is Cc1nscc1C(=O)NCc1ccc(OCCCC(=O)O)cc1. The maximum absolute atomic E-state index is 12.0. The molecule has 1 aromatic carbocycles. The number of aryl methyl sites for hydroxylation is 1. The van der Waals surface area contributed by atoms with Gasteiger partial charge in [-0.3, -0.25) is 9.59 Å². The van der Waals surface area contributed by atoms with Gasteiger partial charge < -0.3 is 15.2 Å². The summed E-state index contributed by atoms with van der Waals surface area (Å²) in [6, 6.07) is 7.34. The Kier molecular flexibility index (Phi) is 6.10. The maximum Gasteiger partial charge on any atom is 0.303 e. The number of carbonyl (C=O) groups excluding carboxylic acids is 1. The van der Waals surface area contributed by atoms with Crippen LogP contribution >= 0.6 is 11.5 Å². The van der Waals surface area contributed by atoms with Gasteiger partial charge in [0.15, 0.2) is 0 Å². The molecule has 7 heteroatoms. The molecule has 1 aromatic heterocycles. The number of aromatic nitrogens is 1. The van der Waals surface area contributed by atoms with Crippen LogP contribution in [-0.4, -0.2) is 28.0 Å². The van der Waals surface area contributed by atoms with E-state index in [1.165, 1.54) is 11.5 Å². The van der Waals surface area contributed by atoms with Crippen molar-refractivity contribution < 1.29 is 19.4 Å². The van der Waals surface area contributed by atoms with Gasteiger partial charge in [0.05, 0.1) is 17.9 Å². The van der Waals surface area contributed by atoms with Crippen LogP contribution in [0, 0.1) is 6.92 Å². The first-order valence-corrected chi connectivity index (χ1v) is 8.02. The fraction of sp³-hybridized carbons (Fsp3) is 0.312. The smallest absolute Gasteiger partial charge is 0.303 e. The van der Waals surface area contributed by atoms with E-state index in [0.717, 1.165) is 11.3 Å². The van der Waals surface area contributed by atoms with Crippen LogP contribution in [0.4, 0.5) is 0 Å². The minimum absolute atomic E-state index is 0.0982. The van der Waals surface area contributed by atoms with Crippen molar-refractivity contribution in [1.29, 1.82) is 0 Å². The van der Waals surface area contributed by atoms with Crippen LogP contribution in [0.3, 0.4) is 0 Å². The number of rotatable bonds is 8. The van der Waals surface area contributed by atoms with Gasteiger partial charge in [-0.25, -0.2) is 0 Å². The molecular formula is C16H18N2O4S. The van der Waals surface area contributed by atoms with Crippen molar-refractivity contribution >= 4 is 23.4 Å². The fourth-order valence-electron chi connectivity index (χ4n) is 1.90. The van der Waals surface area contributed by atoms with E-state index < -0.39 is 5.97 Å². The number of nitrogens with one attached hydrogen (secondary N) is 1. The number of amides is 1. The Morgan fingerprint density at radius 2 is 2.04 bits per heavy atom. The van der Waals surface area contributed by atoms with Crippen molar-refractivity contribution in [2.24, 2.45) is 0 Å². The van der Waals surface area contributed by atoms with Crippen molar-refractivity contribution in [3.8, 4) is 5.75 Å². The van der Waals surface area contributed by atoms with Gasteiger partial charge in [0.2, 0.25) is 0 Å². The molecule has 0 aliphatic heterocycles. The highest BCUT2D eigenvalue weighted by Gasteiger charge is 2.10. The Bertz CT molecular complexity index is 667. The summed E-state index contributed by atoms with van der Waals surface area (Å²) < 4.78 is 9.53. The molecule has 2 N–H and O–H groups in total. The molecule has 0 atom stereocenters. The standard InChI is InChI=1S/C16H18N2O4S/c1-11-14(10-23-18-11)16(21)17-9-12-4-6-13(7-5-12)22-8-2-3-15(19)20/h4-7,10H,2-3,8-9H2,1H3,(H,17,21)(H,19,20). The summed E-state index contributed by atoms with van der Waals surface area (Å²) in [6.45, 7) is 2.60. The monoisotopic (exact) mass is 334 g/mol. The largest absolute Gasteiger partial charge is 0.494 e. The second kappa shape index (κ2) is 8.28. The zero-order valence-electron chi connectivity index (χ0n) is 12.7. The Morgan fingerprint density at radius 1 is 1.30 bits per heavy atom. The van der Waals surface area contributed by atoms with E-state index in [1.54, 1.807) is 17.5 Å². The van der Waals surface area contributed by atoms with E-state index in [1.807, 2.05) is 19.1 Å². The van der Waals surface area contributed by atoms with Crippen LogP contribution in [-0.2, 0) is 11.3 Å². The topological polar surface area (TPSA) is 88.5 Å². The number of carboxylic acid groups (broad SMARTS) is 1. The molecule has 0 spiro atoms. The van der Waals surface area contributed by atoms with Gasteiger partial charge in [-0.15, -0.1) is 0 Å². The number of nitrogens with zero attached hydrogens (tertiary/aromatic N) is 1. The molecule has 0 aliphatic rings. The van der Waals surface area contributed by atoms with E-state index in [9.17, 15) is 9.59 Å². The molecule has 122 valence electrons. The van der Waals surface area contributed by atoms with Gasteiger partial charge in [-0.05, 0) is 42.6 Å². The third-order valence-electron chi connectivity index (χ3n) is 3.17. The van der Waals surface area contributed by atoms with E-state index >= 15 is 0 Å². The molecule has 0 aliphatic carbocycles. The van der Waals surface area contributed by atoms with E-state index in [4.69, 9.17) is 9.84 Å². The first-order chi connectivity index (χ1) is 11.1. The van der Waals surface area contributed by atoms with Crippen LogP contribution in [0.1, 0.15) is 34.5 Å². The van der Waals surface area contributed by atoms with Crippen molar-refractivity contribution in [3.05, 3.63) is 46.5 Å². The lowest BCUT2D eigenvalue weighted by atomic mass is 10.2. The molecule has 6 nitrogen and oxygen atoms in total. The van der Waals surface area contributed by atoms with Crippen LogP contribution < -0.4 is 10.1 Å². The summed E-state index contributed by atoms with van der Waals surface area (Å²) in [7, 11) is 0. The highest BCUT2D eigenvalue weighted by molar-refractivity contribution is 7.03. The third-order valence-corrected chi connectivity index (χ3v) is 3.90. The molecule has 23 heavy (non-hydrogen) atoms. The van der Waals surface area contributed by atoms with Crippen LogP contribution in [0.25, 0.3) is 0 Å². The summed E-state index contributed by atoms with van der Waals surface area (Å²) >= 11 is 1.27. The number of carboxylic acids is 1. The highest BCUT2D eigenvalue weighted by Crippen LogP contribution is 2.13. The van der Waals surface area contributed by atoms with Crippen LogP contribution in [0.15, 0.2) is 29.6 Å². The first kappa shape index (κ1) is 17.0. The quantitative estimate of drug-likeness (QED) is 0.725. The van der Waals surface area contributed by atoms with E-state index in [0.29, 0.717) is 30.9 Å². The summed E-state index contributed by atoms with van der Waals surface area (Å²) in [6.07, 6.45) is 0.572. The van der Waals surface area contributed by atoms with Crippen molar-refractivity contribution in [1.82, 2.24) is 9.69 Å². The zero-order valence-corrected chi connectivity index (χ0v) is 13.6. The number of benzene rings is 1. The third kappa shape index (κ3) is 5.37. The van der Waals surface area contributed by atoms with Crippen LogP contribution in [0.5, 0.6) is 5.75 Å². The minimum Gasteiger partial charge on any atom is -0.494 e. The van der Waals surface area contributed by atoms with Crippen molar-refractivity contribution in [2.45, 2.75) is 26.3 Å². The predicted molar refractivity (Wildman–Crippen MR) is 86.8 cm³/mol. The lowest BCUT2D eigenvalue weighted by Gasteiger charge is -2.07. The molecular weight excluding hydrogens is 316 g/mol. The summed E-state index contributed by atoms with van der Waals surface area (Å²) in [5, 5.41) is 13.1. The second-order valence-corrected chi connectivity index (χ2v) is 5.62. The van der Waals surface area contributed by atoms with Crippen molar-refractivity contribution in [2.75, 3.05) is 6.61 Å². The number of carbonyl (C=O) groups is 2.